The SMILES string of the molecule is COc1ccccc1CCNC(=O)CCN. The molecule has 4 heteroatoms. The molecule has 0 atom stereocenters. The third-order valence-corrected chi connectivity index (χ3v) is 2.28. The quantitative estimate of drug-likeness (QED) is 0.744. The van der Waals surface area contributed by atoms with Crippen molar-refractivity contribution >= 4 is 5.91 Å². The number of nitrogens with one attached hydrogen (secondary N) is 1. The smallest absolute Gasteiger partial charge is 0.221 e. The minimum absolute atomic E-state index is 0.00241. The largest absolute Gasteiger partial charge is 0.496 e. The Balaban J connectivity index is 2.39. The van der Waals surface area contributed by atoms with E-state index in [1.54, 1.807) is 7.11 Å². The summed E-state index contributed by atoms with van der Waals surface area (Å²) < 4.78 is 5.22. The van der Waals surface area contributed by atoms with Crippen LogP contribution in [0.2, 0.25) is 0 Å². The van der Waals surface area contributed by atoms with Gasteiger partial charge in [0.25, 0.3) is 0 Å². The Bertz CT molecular complexity index is 340. The molecule has 0 radical (unpaired) electrons. The van der Waals surface area contributed by atoms with Crippen molar-refractivity contribution in [2.24, 2.45) is 5.73 Å². The highest BCUT2D eigenvalue weighted by atomic mass is 16.5. The maximum atomic E-state index is 11.2. The molecule has 1 amide bonds. The fourth-order valence-electron chi connectivity index (χ4n) is 1.47. The predicted octanol–water partition coefficient (Wildman–Crippen LogP) is 0.703. The molecule has 0 aliphatic carbocycles. The standard InChI is InChI=1S/C12H18N2O2/c1-16-11-5-3-2-4-10(11)7-9-14-12(15)6-8-13/h2-5H,6-9,13H2,1H3,(H,14,15). The maximum absolute atomic E-state index is 11.2. The van der Waals surface area contributed by atoms with Gasteiger partial charge in [0.1, 0.15) is 5.75 Å². The first kappa shape index (κ1) is 12.5. The Morgan fingerprint density at radius 2 is 2.19 bits per heavy atom. The van der Waals surface area contributed by atoms with E-state index in [9.17, 15) is 4.79 Å². The first-order valence-corrected chi connectivity index (χ1v) is 5.36. The number of carbonyl (C=O) groups is 1. The van der Waals surface area contributed by atoms with E-state index >= 15 is 0 Å². The van der Waals surface area contributed by atoms with Crippen molar-refractivity contribution in [3.05, 3.63) is 29.8 Å². The van der Waals surface area contributed by atoms with Crippen LogP contribution in [0.4, 0.5) is 0 Å². The number of rotatable bonds is 6. The van der Waals surface area contributed by atoms with E-state index < -0.39 is 0 Å². The molecule has 1 aromatic carbocycles. The van der Waals surface area contributed by atoms with E-state index in [2.05, 4.69) is 5.32 Å². The van der Waals surface area contributed by atoms with Gasteiger partial charge in [-0.15, -0.1) is 0 Å². The Hall–Kier alpha value is -1.55. The monoisotopic (exact) mass is 222 g/mol. The normalized spacial score (nSPS) is 9.88. The summed E-state index contributed by atoms with van der Waals surface area (Å²) in [6, 6.07) is 7.79. The van der Waals surface area contributed by atoms with Gasteiger partial charge >= 0.3 is 0 Å². The molecule has 0 bridgehead atoms. The summed E-state index contributed by atoms with van der Waals surface area (Å²) in [7, 11) is 1.64. The second-order valence-corrected chi connectivity index (χ2v) is 3.45. The van der Waals surface area contributed by atoms with Crippen LogP contribution in [0.15, 0.2) is 24.3 Å². The second-order valence-electron chi connectivity index (χ2n) is 3.45. The van der Waals surface area contributed by atoms with Crippen LogP contribution in [0.1, 0.15) is 12.0 Å². The highest BCUT2D eigenvalue weighted by Crippen LogP contribution is 2.17. The number of benzene rings is 1. The second kappa shape index (κ2) is 6.85. The molecule has 0 aliphatic heterocycles. The molecule has 0 saturated heterocycles. The lowest BCUT2D eigenvalue weighted by molar-refractivity contribution is -0.120. The molecule has 3 N–H and O–H groups in total. The number of methoxy groups -OCH3 is 1. The fraction of sp³-hybridized carbons (Fsp3) is 0.417. The fourth-order valence-corrected chi connectivity index (χ4v) is 1.47. The van der Waals surface area contributed by atoms with E-state index in [-0.39, 0.29) is 5.91 Å². The number of para-hydroxylation sites is 1. The van der Waals surface area contributed by atoms with Crippen molar-refractivity contribution in [3.8, 4) is 5.75 Å². The van der Waals surface area contributed by atoms with Crippen molar-refractivity contribution in [1.29, 1.82) is 0 Å². The van der Waals surface area contributed by atoms with Crippen molar-refractivity contribution in [1.82, 2.24) is 5.32 Å². The van der Waals surface area contributed by atoms with Gasteiger partial charge in [-0.1, -0.05) is 18.2 Å². The lowest BCUT2D eigenvalue weighted by Crippen LogP contribution is -2.27. The summed E-state index contributed by atoms with van der Waals surface area (Å²) in [5.41, 5.74) is 6.37. The van der Waals surface area contributed by atoms with Crippen molar-refractivity contribution in [2.75, 3.05) is 20.2 Å². The Morgan fingerprint density at radius 3 is 2.88 bits per heavy atom. The Labute approximate surface area is 95.8 Å². The highest BCUT2D eigenvalue weighted by Gasteiger charge is 2.02. The molecule has 0 aromatic heterocycles. The van der Waals surface area contributed by atoms with Crippen LogP contribution in [-0.2, 0) is 11.2 Å². The number of ether oxygens (including phenoxy) is 1. The first-order chi connectivity index (χ1) is 7.77. The number of hydrogen-bond donors (Lipinski definition) is 2. The molecular formula is C12H18N2O2. The average molecular weight is 222 g/mol. The van der Waals surface area contributed by atoms with Gasteiger partial charge in [0.05, 0.1) is 7.11 Å². The summed E-state index contributed by atoms with van der Waals surface area (Å²) in [6.45, 7) is 1.000. The molecule has 0 spiro atoms. The van der Waals surface area contributed by atoms with Gasteiger partial charge in [-0.3, -0.25) is 4.79 Å². The number of amides is 1. The summed E-state index contributed by atoms with van der Waals surface area (Å²) in [6.07, 6.45) is 1.15. The van der Waals surface area contributed by atoms with E-state index in [0.717, 1.165) is 17.7 Å². The van der Waals surface area contributed by atoms with Crippen LogP contribution in [0.5, 0.6) is 5.75 Å². The zero-order chi connectivity index (χ0) is 11.8. The van der Waals surface area contributed by atoms with Gasteiger partial charge in [-0.2, -0.15) is 0 Å². The summed E-state index contributed by atoms with van der Waals surface area (Å²) in [5, 5.41) is 2.81. The molecule has 1 rings (SSSR count). The molecule has 0 aliphatic rings. The van der Waals surface area contributed by atoms with Crippen LogP contribution >= 0.6 is 0 Å². The molecule has 0 unspecified atom stereocenters. The summed E-state index contributed by atoms with van der Waals surface area (Å²) >= 11 is 0. The molecule has 0 saturated carbocycles. The molecule has 4 nitrogen and oxygen atoms in total. The van der Waals surface area contributed by atoms with Gasteiger partial charge in [0, 0.05) is 19.5 Å². The highest BCUT2D eigenvalue weighted by molar-refractivity contribution is 5.76. The van der Waals surface area contributed by atoms with Crippen LogP contribution in [-0.4, -0.2) is 26.1 Å². The summed E-state index contributed by atoms with van der Waals surface area (Å²) in [4.78, 5) is 11.2. The maximum Gasteiger partial charge on any atom is 0.221 e. The lowest BCUT2D eigenvalue weighted by Gasteiger charge is -2.08. The minimum atomic E-state index is -0.00241. The zero-order valence-corrected chi connectivity index (χ0v) is 9.53. The van der Waals surface area contributed by atoms with Crippen LogP contribution in [0.3, 0.4) is 0 Å². The van der Waals surface area contributed by atoms with Crippen LogP contribution in [0.25, 0.3) is 0 Å². The number of hydrogen-bond acceptors (Lipinski definition) is 3. The molecule has 0 heterocycles. The van der Waals surface area contributed by atoms with E-state index in [1.807, 2.05) is 24.3 Å². The van der Waals surface area contributed by atoms with E-state index in [4.69, 9.17) is 10.5 Å². The third-order valence-electron chi connectivity index (χ3n) is 2.28. The van der Waals surface area contributed by atoms with E-state index in [0.29, 0.717) is 19.5 Å². The van der Waals surface area contributed by atoms with Crippen LogP contribution < -0.4 is 15.8 Å². The van der Waals surface area contributed by atoms with Crippen molar-refractivity contribution < 1.29 is 9.53 Å². The number of carbonyl (C=O) groups excluding carboxylic acids is 1. The van der Waals surface area contributed by atoms with Crippen LogP contribution in [0, 0.1) is 0 Å². The average Bonchev–Trinajstić information content (AvgIpc) is 2.30. The topological polar surface area (TPSA) is 64.3 Å². The third kappa shape index (κ3) is 3.90. The Morgan fingerprint density at radius 1 is 1.44 bits per heavy atom. The minimum Gasteiger partial charge on any atom is -0.496 e. The lowest BCUT2D eigenvalue weighted by atomic mass is 10.1. The first-order valence-electron chi connectivity index (χ1n) is 5.36. The summed E-state index contributed by atoms with van der Waals surface area (Å²) in [5.74, 6) is 0.855. The van der Waals surface area contributed by atoms with Gasteiger partial charge in [0.15, 0.2) is 0 Å². The molecule has 88 valence electrons. The molecular weight excluding hydrogens is 204 g/mol. The van der Waals surface area contributed by atoms with E-state index in [1.165, 1.54) is 0 Å². The molecule has 1 aromatic rings. The molecule has 0 fully saturated rings. The Kier molecular flexibility index (Phi) is 5.36. The number of nitrogens with two attached hydrogens (primary N) is 1. The van der Waals surface area contributed by atoms with Gasteiger partial charge in [-0.05, 0) is 18.1 Å². The molecule has 16 heavy (non-hydrogen) atoms. The van der Waals surface area contributed by atoms with Crippen molar-refractivity contribution in [3.63, 3.8) is 0 Å². The van der Waals surface area contributed by atoms with Crippen molar-refractivity contribution in [2.45, 2.75) is 12.8 Å². The van der Waals surface area contributed by atoms with Gasteiger partial charge in [0.2, 0.25) is 5.91 Å². The zero-order valence-electron chi connectivity index (χ0n) is 9.53. The van der Waals surface area contributed by atoms with Gasteiger partial charge < -0.3 is 15.8 Å². The predicted molar refractivity (Wildman–Crippen MR) is 63.4 cm³/mol. The van der Waals surface area contributed by atoms with Gasteiger partial charge in [-0.25, -0.2) is 0 Å².